The van der Waals surface area contributed by atoms with Gasteiger partial charge in [0.05, 0.1) is 5.56 Å². The molecule has 4 rings (SSSR count). The van der Waals surface area contributed by atoms with Crippen LogP contribution < -0.4 is 5.32 Å². The van der Waals surface area contributed by atoms with Crippen LogP contribution in [0.2, 0.25) is 0 Å². The van der Waals surface area contributed by atoms with Gasteiger partial charge in [-0.2, -0.15) is 0 Å². The molecule has 0 aromatic heterocycles. The van der Waals surface area contributed by atoms with Crippen molar-refractivity contribution in [1.82, 2.24) is 5.32 Å². The fourth-order valence-corrected chi connectivity index (χ4v) is 4.49. The highest BCUT2D eigenvalue weighted by atomic mass is 16.4. The topological polar surface area (TPSA) is 49.3 Å². The van der Waals surface area contributed by atoms with Crippen LogP contribution in [0.3, 0.4) is 0 Å². The summed E-state index contributed by atoms with van der Waals surface area (Å²) in [7, 11) is 0. The van der Waals surface area contributed by atoms with E-state index in [2.05, 4.69) is 29.6 Å². The first-order chi connectivity index (χ1) is 11.7. The Morgan fingerprint density at radius 3 is 2.08 bits per heavy atom. The summed E-state index contributed by atoms with van der Waals surface area (Å²) in [5.74, 6) is 0.572. The van der Waals surface area contributed by atoms with E-state index in [0.29, 0.717) is 11.6 Å². The molecule has 2 atom stereocenters. The summed E-state index contributed by atoms with van der Waals surface area (Å²) in [4.78, 5) is 10.9. The van der Waals surface area contributed by atoms with E-state index in [1.165, 1.54) is 36.8 Å². The Morgan fingerprint density at radius 2 is 1.54 bits per heavy atom. The third kappa shape index (κ3) is 2.96. The second-order valence-corrected chi connectivity index (χ2v) is 7.18. The average molecular weight is 321 g/mol. The maximum Gasteiger partial charge on any atom is 0.335 e. The highest BCUT2D eigenvalue weighted by molar-refractivity contribution is 5.87. The molecule has 0 aliphatic heterocycles. The number of carboxylic acid groups (broad SMARTS) is 1. The van der Waals surface area contributed by atoms with E-state index in [4.69, 9.17) is 5.11 Å². The molecule has 1 fully saturated rings. The lowest BCUT2D eigenvalue weighted by atomic mass is 9.94. The zero-order valence-electron chi connectivity index (χ0n) is 13.7. The minimum atomic E-state index is -0.867. The van der Waals surface area contributed by atoms with Crippen LogP contribution in [0, 0.1) is 11.8 Å². The zero-order valence-corrected chi connectivity index (χ0v) is 13.7. The van der Waals surface area contributed by atoms with Crippen molar-refractivity contribution in [3.63, 3.8) is 0 Å². The van der Waals surface area contributed by atoms with Crippen molar-refractivity contribution >= 4 is 5.97 Å². The molecule has 3 nitrogen and oxygen atoms in total. The normalized spacial score (nSPS) is 25.1. The van der Waals surface area contributed by atoms with Gasteiger partial charge < -0.3 is 10.4 Å². The van der Waals surface area contributed by atoms with Crippen molar-refractivity contribution in [2.45, 2.75) is 38.3 Å². The van der Waals surface area contributed by atoms with E-state index >= 15 is 0 Å². The van der Waals surface area contributed by atoms with Crippen LogP contribution in [-0.2, 0) is 19.4 Å². The molecule has 3 heteroatoms. The van der Waals surface area contributed by atoms with Crippen LogP contribution in [0.1, 0.15) is 39.9 Å². The number of carbonyl (C=O) groups is 1. The Kier molecular flexibility index (Phi) is 4.11. The number of aromatic carboxylic acids is 1. The molecule has 124 valence electrons. The number of rotatable bonds is 4. The lowest BCUT2D eigenvalue weighted by Crippen LogP contribution is -2.37. The van der Waals surface area contributed by atoms with Gasteiger partial charge in [-0.1, -0.05) is 36.4 Å². The number of fused-ring (bicyclic) bond motifs is 3. The number of nitrogens with one attached hydrogen (secondary N) is 1. The van der Waals surface area contributed by atoms with Crippen molar-refractivity contribution in [2.24, 2.45) is 11.8 Å². The first-order valence-electron chi connectivity index (χ1n) is 8.83. The fraction of sp³-hybridized carbons (Fsp3) is 0.381. The second-order valence-electron chi connectivity index (χ2n) is 7.18. The molecule has 0 radical (unpaired) electrons. The molecule has 0 amide bonds. The second kappa shape index (κ2) is 6.40. The number of hydrogen-bond acceptors (Lipinski definition) is 2. The maximum atomic E-state index is 10.9. The Morgan fingerprint density at radius 1 is 0.958 bits per heavy atom. The van der Waals surface area contributed by atoms with Crippen LogP contribution in [0.25, 0.3) is 0 Å². The maximum absolute atomic E-state index is 10.9. The summed E-state index contributed by atoms with van der Waals surface area (Å²) >= 11 is 0. The van der Waals surface area contributed by atoms with Crippen molar-refractivity contribution in [2.75, 3.05) is 0 Å². The predicted molar refractivity (Wildman–Crippen MR) is 94.1 cm³/mol. The van der Waals surface area contributed by atoms with Gasteiger partial charge >= 0.3 is 5.97 Å². The summed E-state index contributed by atoms with van der Waals surface area (Å²) in [6.07, 6.45) is 4.99. The van der Waals surface area contributed by atoms with Crippen molar-refractivity contribution < 1.29 is 9.90 Å². The Balaban J connectivity index is 1.45. The first kappa shape index (κ1) is 15.4. The third-order valence-corrected chi connectivity index (χ3v) is 5.75. The predicted octanol–water partition coefficient (Wildman–Crippen LogP) is 3.67. The van der Waals surface area contributed by atoms with E-state index < -0.39 is 5.97 Å². The van der Waals surface area contributed by atoms with E-state index in [9.17, 15) is 4.79 Å². The number of hydrogen-bond donors (Lipinski definition) is 2. The van der Waals surface area contributed by atoms with Gasteiger partial charge in [-0.15, -0.1) is 0 Å². The molecule has 1 saturated carbocycles. The van der Waals surface area contributed by atoms with Crippen LogP contribution in [0.4, 0.5) is 0 Å². The highest BCUT2D eigenvalue weighted by Crippen LogP contribution is 2.40. The highest BCUT2D eigenvalue weighted by Gasteiger charge is 2.38. The molecule has 2 N–H and O–H groups in total. The van der Waals surface area contributed by atoms with Gasteiger partial charge in [0.2, 0.25) is 0 Å². The van der Waals surface area contributed by atoms with E-state index in [-0.39, 0.29) is 0 Å². The molecule has 2 aliphatic rings. The molecule has 0 saturated heterocycles. The van der Waals surface area contributed by atoms with Gasteiger partial charge in [-0.25, -0.2) is 4.79 Å². The molecule has 0 heterocycles. The summed E-state index contributed by atoms with van der Waals surface area (Å²) < 4.78 is 0. The van der Waals surface area contributed by atoms with Crippen molar-refractivity contribution in [3.05, 3.63) is 70.8 Å². The molecule has 2 aromatic carbocycles. The van der Waals surface area contributed by atoms with Crippen LogP contribution >= 0.6 is 0 Å². The summed E-state index contributed by atoms with van der Waals surface area (Å²) in [5, 5.41) is 12.8. The molecule has 0 spiro atoms. The average Bonchev–Trinajstić information content (AvgIpc) is 2.87. The summed E-state index contributed by atoms with van der Waals surface area (Å²) in [5.41, 5.74) is 4.56. The van der Waals surface area contributed by atoms with E-state index in [1.807, 2.05) is 12.1 Å². The summed E-state index contributed by atoms with van der Waals surface area (Å²) in [6, 6.07) is 16.7. The lowest BCUT2D eigenvalue weighted by Gasteiger charge is -2.24. The molecule has 2 unspecified atom stereocenters. The molecular formula is C21H23NO2. The Labute approximate surface area is 142 Å². The van der Waals surface area contributed by atoms with Gasteiger partial charge in [0.15, 0.2) is 0 Å². The SMILES string of the molecule is O=C(O)c1ccc(CNC2C3CCC2Cc2ccccc2C3)cc1. The van der Waals surface area contributed by atoms with Gasteiger partial charge in [-0.05, 0) is 66.3 Å². The van der Waals surface area contributed by atoms with Gasteiger partial charge in [0, 0.05) is 12.6 Å². The van der Waals surface area contributed by atoms with Crippen molar-refractivity contribution in [3.8, 4) is 0 Å². The van der Waals surface area contributed by atoms with E-state index in [0.717, 1.165) is 23.9 Å². The largest absolute Gasteiger partial charge is 0.478 e. The smallest absolute Gasteiger partial charge is 0.335 e. The third-order valence-electron chi connectivity index (χ3n) is 5.75. The van der Waals surface area contributed by atoms with Crippen LogP contribution in [0.5, 0.6) is 0 Å². The van der Waals surface area contributed by atoms with Gasteiger partial charge in [-0.3, -0.25) is 0 Å². The summed E-state index contributed by atoms with van der Waals surface area (Å²) in [6.45, 7) is 0.813. The Hall–Kier alpha value is -2.13. The van der Waals surface area contributed by atoms with E-state index in [1.54, 1.807) is 12.1 Å². The van der Waals surface area contributed by atoms with Gasteiger partial charge in [0.1, 0.15) is 0 Å². The number of carboxylic acids is 1. The molecule has 2 aliphatic carbocycles. The molecule has 2 bridgehead atoms. The van der Waals surface area contributed by atoms with Gasteiger partial charge in [0.25, 0.3) is 0 Å². The molecule has 2 aromatic rings. The standard InChI is InChI=1S/C21H23NO2/c23-21(24)15-7-5-14(6-8-15)13-22-20-18-9-10-19(20)12-17-4-2-1-3-16(17)11-18/h1-8,18-20,22H,9-13H2,(H,23,24). The fourth-order valence-electron chi connectivity index (χ4n) is 4.49. The van der Waals surface area contributed by atoms with Crippen molar-refractivity contribution in [1.29, 1.82) is 0 Å². The lowest BCUT2D eigenvalue weighted by molar-refractivity contribution is 0.0697. The quantitative estimate of drug-likeness (QED) is 0.903. The molecular weight excluding hydrogens is 298 g/mol. The monoisotopic (exact) mass is 321 g/mol. The van der Waals surface area contributed by atoms with Crippen LogP contribution in [0.15, 0.2) is 48.5 Å². The number of benzene rings is 2. The van der Waals surface area contributed by atoms with Crippen LogP contribution in [-0.4, -0.2) is 17.1 Å². The zero-order chi connectivity index (χ0) is 16.5. The minimum Gasteiger partial charge on any atom is -0.478 e. The first-order valence-corrected chi connectivity index (χ1v) is 8.83. The molecule has 24 heavy (non-hydrogen) atoms. The Bertz CT molecular complexity index is 705. The minimum absolute atomic E-state index is 0.351.